The van der Waals surface area contributed by atoms with E-state index in [2.05, 4.69) is 20.5 Å². The van der Waals surface area contributed by atoms with E-state index >= 15 is 0 Å². The third-order valence-corrected chi connectivity index (χ3v) is 4.32. The number of hydrogen-bond donors (Lipinski definition) is 0. The number of benzene rings is 2. The predicted molar refractivity (Wildman–Crippen MR) is 89.2 cm³/mol. The van der Waals surface area contributed by atoms with E-state index in [0.717, 1.165) is 11.1 Å². The molecule has 2 atom stereocenters. The van der Waals surface area contributed by atoms with Crippen molar-refractivity contribution in [3.05, 3.63) is 96.3 Å². The van der Waals surface area contributed by atoms with Gasteiger partial charge in [0.05, 0.1) is 0 Å². The van der Waals surface area contributed by atoms with Gasteiger partial charge in [0, 0.05) is 12.4 Å². The van der Waals surface area contributed by atoms with Crippen molar-refractivity contribution in [1.29, 1.82) is 0 Å². The van der Waals surface area contributed by atoms with Crippen LogP contribution in [0.1, 0.15) is 11.1 Å². The van der Waals surface area contributed by atoms with Crippen molar-refractivity contribution < 1.29 is 4.79 Å². The minimum Gasteiger partial charge on any atom is -0.292 e. The van der Waals surface area contributed by atoms with Crippen molar-refractivity contribution in [2.24, 2.45) is 20.5 Å². The molecular weight excluding hydrogens is 300 g/mol. The van der Waals surface area contributed by atoms with Crippen LogP contribution in [0, 0.1) is 0 Å². The van der Waals surface area contributed by atoms with Crippen molar-refractivity contribution in [2.45, 2.75) is 11.1 Å². The summed E-state index contributed by atoms with van der Waals surface area (Å²) < 4.78 is 0. The fourth-order valence-corrected chi connectivity index (χ4v) is 3.09. The van der Waals surface area contributed by atoms with Crippen LogP contribution in [0.3, 0.4) is 0 Å². The van der Waals surface area contributed by atoms with Gasteiger partial charge in [-0.15, -0.1) is 0 Å². The molecular formula is C19H14N4O. The summed E-state index contributed by atoms with van der Waals surface area (Å²) in [5.41, 5.74) is -0.855. The number of azo groups is 2. The lowest BCUT2D eigenvalue weighted by Gasteiger charge is -2.30. The summed E-state index contributed by atoms with van der Waals surface area (Å²) in [5.74, 6) is -0.192. The van der Waals surface area contributed by atoms with Gasteiger partial charge in [-0.25, -0.2) is 0 Å². The first-order valence-electron chi connectivity index (χ1n) is 7.63. The molecule has 2 unspecified atom stereocenters. The molecule has 0 bridgehead atoms. The number of hydrogen-bond acceptors (Lipinski definition) is 5. The third-order valence-electron chi connectivity index (χ3n) is 4.32. The zero-order valence-electron chi connectivity index (χ0n) is 12.8. The van der Waals surface area contributed by atoms with Crippen molar-refractivity contribution in [1.82, 2.24) is 0 Å². The Morgan fingerprint density at radius 3 is 1.42 bits per heavy atom. The van der Waals surface area contributed by atoms with E-state index < -0.39 is 11.1 Å². The number of Topliss-reactive ketones (excluding diaryl/α,β-unsaturated/α-hetero) is 1. The molecule has 2 aromatic rings. The van der Waals surface area contributed by atoms with Gasteiger partial charge in [0.25, 0.3) is 0 Å². The standard InChI is InChI=1S/C19H14N4O/c24-17(18(11-13-20-22-18)15-7-3-1-4-8-15)19(12-14-21-23-19)16-9-5-2-6-10-16/h1-14H. The zero-order chi connectivity index (χ0) is 16.5. The summed E-state index contributed by atoms with van der Waals surface area (Å²) in [5, 5.41) is 16.5. The molecule has 0 amide bonds. The van der Waals surface area contributed by atoms with Crippen LogP contribution in [0.2, 0.25) is 0 Å². The molecule has 0 radical (unpaired) electrons. The van der Waals surface area contributed by atoms with Crippen LogP contribution in [-0.4, -0.2) is 5.78 Å². The predicted octanol–water partition coefficient (Wildman–Crippen LogP) is 4.31. The first-order chi connectivity index (χ1) is 11.8. The van der Waals surface area contributed by atoms with Crippen LogP contribution in [0.5, 0.6) is 0 Å². The van der Waals surface area contributed by atoms with Crippen molar-refractivity contribution in [2.75, 3.05) is 0 Å². The van der Waals surface area contributed by atoms with Gasteiger partial charge >= 0.3 is 0 Å². The summed E-state index contributed by atoms with van der Waals surface area (Å²) in [6.45, 7) is 0. The molecule has 0 aromatic heterocycles. The van der Waals surface area contributed by atoms with Gasteiger partial charge in [-0.1, -0.05) is 60.7 Å². The molecule has 116 valence electrons. The Balaban J connectivity index is 1.90. The molecule has 5 heteroatoms. The monoisotopic (exact) mass is 314 g/mol. The number of carbonyl (C=O) groups is 1. The number of nitrogens with zero attached hydrogens (tertiary/aromatic N) is 4. The second-order valence-corrected chi connectivity index (χ2v) is 5.66. The van der Waals surface area contributed by atoms with E-state index in [1.807, 2.05) is 60.7 Å². The maximum atomic E-state index is 13.7. The fraction of sp³-hybridized carbons (Fsp3) is 0.105. The highest BCUT2D eigenvalue weighted by Gasteiger charge is 2.53. The van der Waals surface area contributed by atoms with Crippen molar-refractivity contribution in [3.8, 4) is 0 Å². The molecule has 0 fully saturated rings. The molecule has 0 saturated carbocycles. The first kappa shape index (κ1) is 14.4. The molecule has 0 aliphatic carbocycles. The molecule has 2 heterocycles. The summed E-state index contributed by atoms with van der Waals surface area (Å²) in [6, 6.07) is 18.8. The van der Waals surface area contributed by atoms with E-state index in [9.17, 15) is 4.79 Å². The average Bonchev–Trinajstić information content (AvgIpc) is 3.34. The molecule has 2 aliphatic heterocycles. The molecule has 0 saturated heterocycles. The SMILES string of the molecule is O=C(C1(c2ccccc2)C=CN=N1)C1(c2ccccc2)C=CN=N1. The molecule has 0 spiro atoms. The Morgan fingerprint density at radius 1 is 0.667 bits per heavy atom. The molecule has 4 rings (SSSR count). The van der Waals surface area contributed by atoms with Gasteiger partial charge in [-0.2, -0.15) is 20.5 Å². The van der Waals surface area contributed by atoms with Crippen LogP contribution in [0.15, 0.2) is 106 Å². The molecule has 5 nitrogen and oxygen atoms in total. The Bertz CT molecular complexity index is 785. The van der Waals surface area contributed by atoms with Gasteiger partial charge in [-0.05, 0) is 23.3 Å². The van der Waals surface area contributed by atoms with Crippen LogP contribution >= 0.6 is 0 Å². The summed E-state index contributed by atoms with van der Waals surface area (Å²) in [7, 11) is 0. The number of ketones is 1. The van der Waals surface area contributed by atoms with E-state index in [-0.39, 0.29) is 5.78 Å². The second kappa shape index (κ2) is 5.45. The highest BCUT2D eigenvalue weighted by molar-refractivity contribution is 6.02. The smallest absolute Gasteiger partial charge is 0.208 e. The minimum absolute atomic E-state index is 0.192. The second-order valence-electron chi connectivity index (χ2n) is 5.66. The number of rotatable bonds is 4. The lowest BCUT2D eigenvalue weighted by molar-refractivity contribution is -0.126. The highest BCUT2D eigenvalue weighted by atomic mass is 16.1. The maximum absolute atomic E-state index is 13.7. The Kier molecular flexibility index (Phi) is 3.27. The molecule has 2 aliphatic rings. The average molecular weight is 314 g/mol. The topological polar surface area (TPSA) is 66.5 Å². The van der Waals surface area contributed by atoms with E-state index in [4.69, 9.17) is 0 Å². The van der Waals surface area contributed by atoms with Gasteiger partial charge < -0.3 is 0 Å². The van der Waals surface area contributed by atoms with E-state index in [1.54, 1.807) is 24.6 Å². The summed E-state index contributed by atoms with van der Waals surface area (Å²) >= 11 is 0. The van der Waals surface area contributed by atoms with Crippen LogP contribution in [0.25, 0.3) is 0 Å². The maximum Gasteiger partial charge on any atom is 0.208 e. The van der Waals surface area contributed by atoms with Crippen molar-refractivity contribution >= 4 is 5.78 Å². The molecule has 0 N–H and O–H groups in total. The highest BCUT2D eigenvalue weighted by Crippen LogP contribution is 2.43. The Morgan fingerprint density at radius 2 is 1.08 bits per heavy atom. The first-order valence-corrected chi connectivity index (χ1v) is 7.63. The fourth-order valence-electron chi connectivity index (χ4n) is 3.09. The lowest BCUT2D eigenvalue weighted by Crippen LogP contribution is -2.44. The van der Waals surface area contributed by atoms with Crippen LogP contribution < -0.4 is 0 Å². The minimum atomic E-state index is -1.19. The molecule has 2 aromatic carbocycles. The lowest BCUT2D eigenvalue weighted by atomic mass is 9.74. The van der Waals surface area contributed by atoms with E-state index in [0.29, 0.717) is 0 Å². The Labute approximate surface area is 139 Å². The van der Waals surface area contributed by atoms with Crippen molar-refractivity contribution in [3.63, 3.8) is 0 Å². The van der Waals surface area contributed by atoms with Gasteiger partial charge in [0.15, 0.2) is 11.1 Å². The van der Waals surface area contributed by atoms with Gasteiger partial charge in [-0.3, -0.25) is 4.79 Å². The quantitative estimate of drug-likeness (QED) is 0.829. The summed E-state index contributed by atoms with van der Waals surface area (Å²) in [4.78, 5) is 13.7. The van der Waals surface area contributed by atoms with Gasteiger partial charge in [0.1, 0.15) is 0 Å². The Hall–Kier alpha value is -3.21. The summed E-state index contributed by atoms with van der Waals surface area (Å²) in [6.07, 6.45) is 6.55. The zero-order valence-corrected chi connectivity index (χ0v) is 12.8. The third kappa shape index (κ3) is 1.98. The molecule has 24 heavy (non-hydrogen) atoms. The van der Waals surface area contributed by atoms with Crippen LogP contribution in [0.4, 0.5) is 0 Å². The largest absolute Gasteiger partial charge is 0.292 e. The normalized spacial score (nSPS) is 27.0. The number of carbonyl (C=O) groups excluding carboxylic acids is 1. The van der Waals surface area contributed by atoms with Gasteiger partial charge in [0.2, 0.25) is 5.78 Å². The van der Waals surface area contributed by atoms with Crippen LogP contribution in [-0.2, 0) is 15.9 Å². The van der Waals surface area contributed by atoms with E-state index in [1.165, 1.54) is 0 Å².